The van der Waals surface area contributed by atoms with Crippen molar-refractivity contribution in [1.29, 1.82) is 0 Å². The number of rotatable bonds is 4. The number of halogens is 1. The smallest absolute Gasteiger partial charge is 0.243 e. The Bertz CT molecular complexity index is 765. The minimum atomic E-state index is -3.72. The lowest BCUT2D eigenvalue weighted by Crippen LogP contribution is -2.23. The molecule has 1 aromatic heterocycles. The van der Waals surface area contributed by atoms with Crippen molar-refractivity contribution in [1.82, 2.24) is 14.7 Å². The highest BCUT2D eigenvalue weighted by molar-refractivity contribution is 7.89. The third kappa shape index (κ3) is 2.92. The first-order chi connectivity index (χ1) is 10.1. The molecule has 0 atom stereocenters. The van der Waals surface area contributed by atoms with Crippen molar-refractivity contribution in [3.63, 3.8) is 0 Å². The fraction of sp³-hybridized carbons (Fsp3) is 0.167. The van der Waals surface area contributed by atoms with Gasteiger partial charge in [-0.15, -0.1) is 0 Å². The van der Waals surface area contributed by atoms with Crippen molar-refractivity contribution < 1.29 is 17.9 Å². The van der Waals surface area contributed by atoms with Gasteiger partial charge in [-0.3, -0.25) is 0 Å². The van der Waals surface area contributed by atoms with E-state index in [1.807, 2.05) is 0 Å². The van der Waals surface area contributed by atoms with Gasteiger partial charge in [0.05, 0.1) is 12.4 Å². The molecule has 3 rings (SSSR count). The van der Waals surface area contributed by atoms with E-state index >= 15 is 0 Å². The molecule has 0 saturated carbocycles. The SMILES string of the molecule is O=S(=O)(NCc1cccc2c1OCO2)c1cnc(Cl)nc1. The predicted octanol–water partition coefficient (Wildman–Crippen LogP) is 1.34. The van der Waals surface area contributed by atoms with E-state index in [4.69, 9.17) is 21.1 Å². The summed E-state index contributed by atoms with van der Waals surface area (Å²) in [6.07, 6.45) is 2.29. The Morgan fingerprint density at radius 1 is 1.24 bits per heavy atom. The Labute approximate surface area is 125 Å². The second-order valence-electron chi connectivity index (χ2n) is 4.16. The van der Waals surface area contributed by atoms with Gasteiger partial charge < -0.3 is 9.47 Å². The second-order valence-corrected chi connectivity index (χ2v) is 6.27. The number of sulfonamides is 1. The van der Waals surface area contributed by atoms with Crippen LogP contribution in [0.4, 0.5) is 0 Å². The Morgan fingerprint density at radius 3 is 2.76 bits per heavy atom. The lowest BCUT2D eigenvalue weighted by molar-refractivity contribution is 0.173. The van der Waals surface area contributed by atoms with Crippen LogP contribution in [0, 0.1) is 0 Å². The Hall–Kier alpha value is -1.90. The number of ether oxygens (including phenoxy) is 2. The van der Waals surface area contributed by atoms with Crippen LogP contribution in [-0.2, 0) is 16.6 Å². The standard InChI is InChI=1S/C12H10ClN3O4S/c13-12-14-5-9(6-15-12)21(17,18)16-4-8-2-1-3-10-11(8)20-7-19-10/h1-3,5-6,16H,4,7H2. The molecule has 1 aliphatic rings. The van der Waals surface area contributed by atoms with Crippen molar-refractivity contribution in [3.05, 3.63) is 41.4 Å². The number of nitrogens with zero attached hydrogens (tertiary/aromatic N) is 2. The van der Waals surface area contributed by atoms with E-state index in [1.54, 1.807) is 18.2 Å². The molecule has 0 saturated heterocycles. The Kier molecular flexibility index (Phi) is 3.66. The zero-order chi connectivity index (χ0) is 14.9. The first-order valence-corrected chi connectivity index (χ1v) is 7.77. The topological polar surface area (TPSA) is 90.4 Å². The second kappa shape index (κ2) is 5.47. The van der Waals surface area contributed by atoms with E-state index in [2.05, 4.69) is 14.7 Å². The van der Waals surface area contributed by atoms with Gasteiger partial charge in [0.2, 0.25) is 22.1 Å². The molecule has 1 aliphatic heterocycles. The van der Waals surface area contributed by atoms with E-state index in [0.29, 0.717) is 17.1 Å². The molecule has 0 amide bonds. The summed E-state index contributed by atoms with van der Waals surface area (Å²) < 4.78 is 37.2. The average molecular weight is 328 g/mol. The minimum absolute atomic E-state index is 0.0135. The quantitative estimate of drug-likeness (QED) is 0.852. The third-order valence-electron chi connectivity index (χ3n) is 2.84. The van der Waals surface area contributed by atoms with Gasteiger partial charge in [0.25, 0.3) is 0 Å². The molecule has 9 heteroatoms. The Balaban J connectivity index is 1.78. The summed E-state index contributed by atoms with van der Waals surface area (Å²) in [5.74, 6) is 1.15. The van der Waals surface area contributed by atoms with Crippen LogP contribution in [0.15, 0.2) is 35.5 Å². The maximum absolute atomic E-state index is 12.1. The van der Waals surface area contributed by atoms with Gasteiger partial charge in [-0.2, -0.15) is 0 Å². The van der Waals surface area contributed by atoms with Gasteiger partial charge in [-0.05, 0) is 17.7 Å². The maximum Gasteiger partial charge on any atom is 0.243 e. The molecular weight excluding hydrogens is 318 g/mol. The normalized spacial score (nSPS) is 13.4. The fourth-order valence-electron chi connectivity index (χ4n) is 1.83. The van der Waals surface area contributed by atoms with Gasteiger partial charge in [-0.25, -0.2) is 23.1 Å². The summed E-state index contributed by atoms with van der Waals surface area (Å²) in [5, 5.41) is -0.0135. The molecule has 7 nitrogen and oxygen atoms in total. The zero-order valence-electron chi connectivity index (χ0n) is 10.6. The fourth-order valence-corrected chi connectivity index (χ4v) is 2.82. The molecule has 2 heterocycles. The number of hydrogen-bond donors (Lipinski definition) is 1. The third-order valence-corrected chi connectivity index (χ3v) is 4.39. The lowest BCUT2D eigenvalue weighted by Gasteiger charge is -2.08. The average Bonchev–Trinajstić information content (AvgIpc) is 2.94. The molecular formula is C12H10ClN3O4S. The van der Waals surface area contributed by atoms with Crippen LogP contribution in [0.5, 0.6) is 11.5 Å². The Morgan fingerprint density at radius 2 is 2.00 bits per heavy atom. The monoisotopic (exact) mass is 327 g/mol. The van der Waals surface area contributed by atoms with E-state index in [9.17, 15) is 8.42 Å². The van der Waals surface area contributed by atoms with Crippen molar-refractivity contribution in [3.8, 4) is 11.5 Å². The summed E-state index contributed by atoms with van der Waals surface area (Å²) in [5.41, 5.74) is 0.684. The number of aromatic nitrogens is 2. The van der Waals surface area contributed by atoms with Crippen LogP contribution in [0.3, 0.4) is 0 Å². The van der Waals surface area contributed by atoms with Gasteiger partial charge in [0.1, 0.15) is 4.90 Å². The zero-order valence-corrected chi connectivity index (χ0v) is 12.2. The molecule has 0 spiro atoms. The van der Waals surface area contributed by atoms with E-state index in [-0.39, 0.29) is 23.5 Å². The molecule has 2 aromatic rings. The molecule has 0 unspecified atom stereocenters. The van der Waals surface area contributed by atoms with Crippen molar-refractivity contribution >= 4 is 21.6 Å². The molecule has 110 valence electrons. The van der Waals surface area contributed by atoms with Crippen LogP contribution in [0.1, 0.15) is 5.56 Å². The number of benzene rings is 1. The van der Waals surface area contributed by atoms with Gasteiger partial charge in [0.15, 0.2) is 11.5 Å². The molecule has 1 N–H and O–H groups in total. The highest BCUT2D eigenvalue weighted by atomic mass is 35.5. The molecule has 1 aromatic carbocycles. The lowest BCUT2D eigenvalue weighted by atomic mass is 10.2. The minimum Gasteiger partial charge on any atom is -0.454 e. The van der Waals surface area contributed by atoms with Gasteiger partial charge in [-0.1, -0.05) is 12.1 Å². The molecule has 0 radical (unpaired) electrons. The first kappa shape index (κ1) is 14.1. The summed E-state index contributed by atoms with van der Waals surface area (Å²) in [6, 6.07) is 5.28. The van der Waals surface area contributed by atoms with Gasteiger partial charge >= 0.3 is 0 Å². The molecule has 21 heavy (non-hydrogen) atoms. The van der Waals surface area contributed by atoms with Crippen molar-refractivity contribution in [2.75, 3.05) is 6.79 Å². The van der Waals surface area contributed by atoms with E-state index in [1.165, 1.54) is 0 Å². The predicted molar refractivity (Wildman–Crippen MR) is 73.6 cm³/mol. The van der Waals surface area contributed by atoms with Crippen LogP contribution >= 0.6 is 11.6 Å². The first-order valence-electron chi connectivity index (χ1n) is 5.91. The van der Waals surface area contributed by atoms with E-state index < -0.39 is 10.0 Å². The molecule has 0 bridgehead atoms. The number of fused-ring (bicyclic) bond motifs is 1. The van der Waals surface area contributed by atoms with Crippen molar-refractivity contribution in [2.24, 2.45) is 0 Å². The van der Waals surface area contributed by atoms with Crippen LogP contribution in [0.25, 0.3) is 0 Å². The number of nitrogens with one attached hydrogen (secondary N) is 1. The molecule has 0 fully saturated rings. The summed E-state index contributed by atoms with van der Waals surface area (Å²) in [7, 11) is -3.72. The highest BCUT2D eigenvalue weighted by Gasteiger charge is 2.20. The largest absolute Gasteiger partial charge is 0.454 e. The highest BCUT2D eigenvalue weighted by Crippen LogP contribution is 2.35. The number of hydrogen-bond acceptors (Lipinski definition) is 6. The maximum atomic E-state index is 12.1. The van der Waals surface area contributed by atoms with E-state index in [0.717, 1.165) is 12.4 Å². The van der Waals surface area contributed by atoms with Crippen LogP contribution < -0.4 is 14.2 Å². The van der Waals surface area contributed by atoms with Gasteiger partial charge in [0, 0.05) is 12.1 Å². The summed E-state index contributed by atoms with van der Waals surface area (Å²) >= 11 is 5.53. The number of para-hydroxylation sites is 1. The van der Waals surface area contributed by atoms with Crippen LogP contribution in [0.2, 0.25) is 5.28 Å². The van der Waals surface area contributed by atoms with Crippen LogP contribution in [-0.4, -0.2) is 25.2 Å². The van der Waals surface area contributed by atoms with Crippen molar-refractivity contribution in [2.45, 2.75) is 11.4 Å². The summed E-state index contributed by atoms with van der Waals surface area (Å²) in [6.45, 7) is 0.196. The summed E-state index contributed by atoms with van der Waals surface area (Å²) in [4.78, 5) is 7.24. The molecule has 0 aliphatic carbocycles.